The Kier molecular flexibility index (Phi) is 4.32. The molecule has 2 aromatic rings. The van der Waals surface area contributed by atoms with Crippen molar-refractivity contribution in [2.24, 2.45) is 5.73 Å². The molecule has 2 aromatic carbocycles. The minimum Gasteiger partial charge on any atom is -0.324 e. The van der Waals surface area contributed by atoms with Crippen molar-refractivity contribution in [2.45, 2.75) is 19.4 Å². The molecule has 0 heterocycles. The summed E-state index contributed by atoms with van der Waals surface area (Å²) >= 11 is 3.06. The van der Waals surface area contributed by atoms with Crippen LogP contribution in [0.25, 0.3) is 11.1 Å². The molecule has 1 unspecified atom stereocenters. The lowest BCUT2D eigenvalue weighted by atomic mass is 9.99. The Morgan fingerprint density at radius 1 is 1.11 bits per heavy atom. The molecule has 0 radical (unpaired) electrons. The summed E-state index contributed by atoms with van der Waals surface area (Å²) in [6, 6.07) is 9.56. The first-order chi connectivity index (χ1) is 9.04. The Morgan fingerprint density at radius 2 is 1.74 bits per heavy atom. The highest BCUT2D eigenvalue weighted by Crippen LogP contribution is 2.31. The molecule has 0 spiro atoms. The van der Waals surface area contributed by atoms with E-state index in [1.165, 1.54) is 12.1 Å². The zero-order valence-electron chi connectivity index (χ0n) is 10.5. The molecule has 0 bridgehead atoms. The summed E-state index contributed by atoms with van der Waals surface area (Å²) in [7, 11) is 0. The van der Waals surface area contributed by atoms with Crippen LogP contribution in [0, 0.1) is 11.6 Å². The van der Waals surface area contributed by atoms with Crippen LogP contribution >= 0.6 is 15.9 Å². The number of benzene rings is 2. The molecule has 1 atom stereocenters. The van der Waals surface area contributed by atoms with Crippen molar-refractivity contribution in [1.29, 1.82) is 0 Å². The SMILES string of the molecule is CCC(N)c1ccc(-c2c(F)ccc(Br)c2F)cc1. The minimum atomic E-state index is -0.590. The maximum Gasteiger partial charge on any atom is 0.148 e. The average Bonchev–Trinajstić information content (AvgIpc) is 2.43. The van der Waals surface area contributed by atoms with Gasteiger partial charge in [-0.05, 0) is 45.6 Å². The predicted octanol–water partition coefficient (Wildman–Crippen LogP) is 4.80. The Hall–Kier alpha value is -1.26. The Morgan fingerprint density at radius 3 is 2.32 bits per heavy atom. The molecule has 1 nitrogen and oxygen atoms in total. The van der Waals surface area contributed by atoms with Crippen molar-refractivity contribution in [3.8, 4) is 11.1 Å². The monoisotopic (exact) mass is 325 g/mol. The summed E-state index contributed by atoms with van der Waals surface area (Å²) in [5, 5.41) is 0. The van der Waals surface area contributed by atoms with Crippen molar-refractivity contribution in [3.05, 3.63) is 58.1 Å². The van der Waals surface area contributed by atoms with Gasteiger partial charge in [0.2, 0.25) is 0 Å². The van der Waals surface area contributed by atoms with E-state index in [-0.39, 0.29) is 16.1 Å². The third-order valence-corrected chi connectivity index (χ3v) is 3.72. The van der Waals surface area contributed by atoms with Crippen LogP contribution in [0.15, 0.2) is 40.9 Å². The number of halogens is 3. The molecule has 0 aliphatic heterocycles. The van der Waals surface area contributed by atoms with E-state index in [2.05, 4.69) is 15.9 Å². The van der Waals surface area contributed by atoms with Gasteiger partial charge in [-0.15, -0.1) is 0 Å². The Balaban J connectivity index is 2.46. The maximum absolute atomic E-state index is 14.0. The molecular formula is C15H14BrF2N. The highest BCUT2D eigenvalue weighted by molar-refractivity contribution is 9.10. The lowest BCUT2D eigenvalue weighted by molar-refractivity contribution is 0.585. The van der Waals surface area contributed by atoms with Gasteiger partial charge in [-0.2, -0.15) is 0 Å². The second kappa shape index (κ2) is 5.80. The van der Waals surface area contributed by atoms with Crippen LogP contribution in [0.4, 0.5) is 8.78 Å². The fourth-order valence-electron chi connectivity index (χ4n) is 1.92. The normalized spacial score (nSPS) is 12.5. The molecule has 0 fully saturated rings. The fourth-order valence-corrected chi connectivity index (χ4v) is 2.25. The van der Waals surface area contributed by atoms with Gasteiger partial charge in [-0.1, -0.05) is 31.2 Å². The van der Waals surface area contributed by atoms with Crippen LogP contribution in [0.1, 0.15) is 24.9 Å². The topological polar surface area (TPSA) is 26.0 Å². The van der Waals surface area contributed by atoms with E-state index >= 15 is 0 Å². The quantitative estimate of drug-likeness (QED) is 0.805. The largest absolute Gasteiger partial charge is 0.324 e. The second-order valence-electron chi connectivity index (χ2n) is 4.35. The van der Waals surface area contributed by atoms with Gasteiger partial charge in [0.1, 0.15) is 11.6 Å². The molecule has 2 N–H and O–H groups in total. The summed E-state index contributed by atoms with van der Waals surface area (Å²) in [4.78, 5) is 0. The first kappa shape index (κ1) is 14.2. The van der Waals surface area contributed by atoms with Gasteiger partial charge in [0, 0.05) is 6.04 Å². The lowest BCUT2D eigenvalue weighted by Gasteiger charge is -2.11. The second-order valence-corrected chi connectivity index (χ2v) is 5.21. The molecule has 0 aromatic heterocycles. The van der Waals surface area contributed by atoms with Crippen molar-refractivity contribution in [2.75, 3.05) is 0 Å². The number of hydrogen-bond acceptors (Lipinski definition) is 1. The van der Waals surface area contributed by atoms with Gasteiger partial charge in [0.25, 0.3) is 0 Å². The van der Waals surface area contributed by atoms with Crippen LogP contribution in [0.3, 0.4) is 0 Å². The van der Waals surface area contributed by atoms with E-state index in [9.17, 15) is 8.78 Å². The van der Waals surface area contributed by atoms with Crippen molar-refractivity contribution in [3.63, 3.8) is 0 Å². The highest BCUT2D eigenvalue weighted by atomic mass is 79.9. The first-order valence-electron chi connectivity index (χ1n) is 6.04. The van der Waals surface area contributed by atoms with Gasteiger partial charge in [0.15, 0.2) is 0 Å². The van der Waals surface area contributed by atoms with E-state index in [1.807, 2.05) is 19.1 Å². The van der Waals surface area contributed by atoms with Crippen LogP contribution in [-0.4, -0.2) is 0 Å². The molecule has 19 heavy (non-hydrogen) atoms. The average molecular weight is 326 g/mol. The van der Waals surface area contributed by atoms with Gasteiger partial charge in [-0.3, -0.25) is 0 Å². The molecular weight excluding hydrogens is 312 g/mol. The maximum atomic E-state index is 14.0. The van der Waals surface area contributed by atoms with E-state index in [0.29, 0.717) is 5.56 Å². The van der Waals surface area contributed by atoms with E-state index in [1.54, 1.807) is 12.1 Å². The minimum absolute atomic E-state index is 0.0222. The first-order valence-corrected chi connectivity index (χ1v) is 6.83. The van der Waals surface area contributed by atoms with Gasteiger partial charge >= 0.3 is 0 Å². The van der Waals surface area contributed by atoms with Crippen LogP contribution in [0.2, 0.25) is 0 Å². The zero-order chi connectivity index (χ0) is 14.0. The third kappa shape index (κ3) is 2.85. The standard InChI is InChI=1S/C15H14BrF2N/c1-2-13(19)9-3-5-10(6-4-9)14-12(17)8-7-11(16)15(14)18/h3-8,13H,2,19H2,1H3. The predicted molar refractivity (Wildman–Crippen MR) is 76.7 cm³/mol. The van der Waals surface area contributed by atoms with Crippen LogP contribution < -0.4 is 5.73 Å². The zero-order valence-corrected chi connectivity index (χ0v) is 12.0. The summed E-state index contributed by atoms with van der Waals surface area (Å²) in [6.45, 7) is 1.99. The Bertz CT molecular complexity index is 581. The lowest BCUT2D eigenvalue weighted by Crippen LogP contribution is -2.08. The van der Waals surface area contributed by atoms with E-state index < -0.39 is 11.6 Å². The molecule has 4 heteroatoms. The summed E-state index contributed by atoms with van der Waals surface area (Å²) in [5.41, 5.74) is 7.35. The van der Waals surface area contributed by atoms with Crippen molar-refractivity contribution in [1.82, 2.24) is 0 Å². The third-order valence-electron chi connectivity index (χ3n) is 3.11. The van der Waals surface area contributed by atoms with Crippen LogP contribution in [-0.2, 0) is 0 Å². The smallest absolute Gasteiger partial charge is 0.148 e. The number of nitrogens with two attached hydrogens (primary N) is 1. The highest BCUT2D eigenvalue weighted by Gasteiger charge is 2.14. The van der Waals surface area contributed by atoms with Crippen molar-refractivity contribution >= 4 is 15.9 Å². The molecule has 2 rings (SSSR count). The molecule has 0 aliphatic carbocycles. The molecule has 0 amide bonds. The molecule has 0 aliphatic rings. The van der Waals surface area contributed by atoms with Gasteiger partial charge in [0.05, 0.1) is 10.0 Å². The summed E-state index contributed by atoms with van der Waals surface area (Å²) in [6.07, 6.45) is 0.818. The molecule has 0 saturated heterocycles. The van der Waals surface area contributed by atoms with Crippen molar-refractivity contribution < 1.29 is 8.78 Å². The van der Waals surface area contributed by atoms with E-state index in [0.717, 1.165) is 12.0 Å². The van der Waals surface area contributed by atoms with Gasteiger partial charge in [-0.25, -0.2) is 8.78 Å². The fraction of sp³-hybridized carbons (Fsp3) is 0.200. The number of rotatable bonds is 3. The van der Waals surface area contributed by atoms with Crippen LogP contribution in [0.5, 0.6) is 0 Å². The molecule has 100 valence electrons. The summed E-state index contributed by atoms with van der Waals surface area (Å²) in [5.74, 6) is -1.17. The Labute approximate surface area is 119 Å². The van der Waals surface area contributed by atoms with Gasteiger partial charge < -0.3 is 5.73 Å². The van der Waals surface area contributed by atoms with E-state index in [4.69, 9.17) is 5.73 Å². The summed E-state index contributed by atoms with van der Waals surface area (Å²) < 4.78 is 28.0. The number of hydrogen-bond donors (Lipinski definition) is 1. The molecule has 0 saturated carbocycles.